The maximum Gasteiger partial charge on any atom is 0.146 e. The van der Waals surface area contributed by atoms with Crippen molar-refractivity contribution < 1.29 is 23.4 Å². The predicted octanol–water partition coefficient (Wildman–Crippen LogP) is 2.74. The summed E-state index contributed by atoms with van der Waals surface area (Å²) in [6, 6.07) is 9.71. The topological polar surface area (TPSA) is 77.2 Å². The summed E-state index contributed by atoms with van der Waals surface area (Å²) in [7, 11) is 0. The minimum absolute atomic E-state index is 0.116. The Bertz CT molecular complexity index is 959. The number of hydrogen-bond acceptors (Lipinski definition) is 5. The Morgan fingerprint density at radius 3 is 2.61 bits per heavy atom. The monoisotopic (exact) mass is 385 g/mol. The van der Waals surface area contributed by atoms with Gasteiger partial charge in [0, 0.05) is 11.6 Å². The van der Waals surface area contributed by atoms with E-state index in [4.69, 9.17) is 4.74 Å². The molecular weight excluding hydrogens is 368 g/mol. The van der Waals surface area contributed by atoms with Gasteiger partial charge in [0.1, 0.15) is 48.5 Å². The fourth-order valence-corrected chi connectivity index (χ4v) is 2.69. The molecule has 8 heteroatoms. The molecule has 1 heterocycles. The van der Waals surface area contributed by atoms with Crippen molar-refractivity contribution in [3.63, 3.8) is 0 Å². The van der Waals surface area contributed by atoms with Crippen LogP contribution in [0.5, 0.6) is 5.75 Å². The van der Waals surface area contributed by atoms with Gasteiger partial charge in [0.15, 0.2) is 0 Å². The number of aldehydes is 1. The lowest BCUT2D eigenvalue weighted by Crippen LogP contribution is -2.39. The van der Waals surface area contributed by atoms with Gasteiger partial charge in [-0.05, 0) is 29.8 Å². The molecule has 1 N–H and O–H groups in total. The Balaban J connectivity index is 1.83. The second-order valence-corrected chi connectivity index (χ2v) is 6.10. The van der Waals surface area contributed by atoms with Crippen molar-refractivity contribution in [3.8, 4) is 5.75 Å². The average Bonchev–Trinajstić information content (AvgIpc) is 3.18. The summed E-state index contributed by atoms with van der Waals surface area (Å²) < 4.78 is 34.6. The van der Waals surface area contributed by atoms with Crippen molar-refractivity contribution in [1.82, 2.24) is 14.8 Å². The molecule has 0 aliphatic rings. The van der Waals surface area contributed by atoms with E-state index in [2.05, 4.69) is 10.1 Å². The highest BCUT2D eigenvalue weighted by molar-refractivity contribution is 5.73. The first-order chi connectivity index (χ1) is 13.5. The zero-order chi connectivity index (χ0) is 20.0. The summed E-state index contributed by atoms with van der Waals surface area (Å²) in [5.41, 5.74) is -1.14. The molecule has 0 saturated carbocycles. The number of nitrogens with zero attached hydrogens (tertiary/aromatic N) is 3. The maximum atomic E-state index is 14.3. The SMILES string of the molecule is O=CC=Cc1ccc(OCC(O)(Cn2cncn2)c2ccc(F)cc2F)cc1. The molecule has 0 spiro atoms. The fourth-order valence-electron chi connectivity index (χ4n) is 2.69. The number of halogens is 2. The number of aliphatic hydroxyl groups is 1. The van der Waals surface area contributed by atoms with Crippen molar-refractivity contribution in [2.75, 3.05) is 6.61 Å². The quantitative estimate of drug-likeness (QED) is 0.477. The van der Waals surface area contributed by atoms with Gasteiger partial charge < -0.3 is 9.84 Å². The standard InChI is InChI=1S/C20H17F2N3O3/c21-16-5-8-18(19(22)10-16)20(27,11-25-14-23-13-24-25)12-28-17-6-3-15(4-7-17)2-1-9-26/h1-10,13-14,27H,11-12H2. The molecule has 6 nitrogen and oxygen atoms in total. The van der Waals surface area contributed by atoms with E-state index < -0.39 is 17.2 Å². The van der Waals surface area contributed by atoms with Crippen LogP contribution in [0.3, 0.4) is 0 Å². The predicted molar refractivity (Wildman–Crippen MR) is 97.3 cm³/mol. The molecule has 144 valence electrons. The van der Waals surface area contributed by atoms with Gasteiger partial charge in [-0.2, -0.15) is 5.10 Å². The zero-order valence-corrected chi connectivity index (χ0v) is 14.7. The van der Waals surface area contributed by atoms with Gasteiger partial charge in [-0.3, -0.25) is 4.79 Å². The number of aromatic nitrogens is 3. The first-order valence-electron chi connectivity index (χ1n) is 8.35. The number of carbonyl (C=O) groups is 1. The first kappa shape index (κ1) is 19.4. The van der Waals surface area contributed by atoms with Crippen LogP contribution >= 0.6 is 0 Å². The Morgan fingerprint density at radius 1 is 1.18 bits per heavy atom. The van der Waals surface area contributed by atoms with Crippen LogP contribution in [-0.2, 0) is 16.9 Å². The zero-order valence-electron chi connectivity index (χ0n) is 14.7. The Kier molecular flexibility index (Phi) is 5.90. The molecule has 3 rings (SSSR count). The molecule has 0 bridgehead atoms. The van der Waals surface area contributed by atoms with Crippen molar-refractivity contribution in [2.45, 2.75) is 12.1 Å². The molecule has 0 amide bonds. The van der Waals surface area contributed by atoms with Gasteiger partial charge in [-0.15, -0.1) is 0 Å². The number of allylic oxidation sites excluding steroid dienone is 1. The third-order valence-corrected chi connectivity index (χ3v) is 4.05. The van der Waals surface area contributed by atoms with Crippen LogP contribution in [0.4, 0.5) is 8.78 Å². The van der Waals surface area contributed by atoms with Gasteiger partial charge in [0.2, 0.25) is 0 Å². The largest absolute Gasteiger partial charge is 0.490 e. The smallest absolute Gasteiger partial charge is 0.146 e. The highest BCUT2D eigenvalue weighted by Crippen LogP contribution is 2.28. The summed E-state index contributed by atoms with van der Waals surface area (Å²) in [4.78, 5) is 14.2. The van der Waals surface area contributed by atoms with Gasteiger partial charge in [-0.25, -0.2) is 18.4 Å². The van der Waals surface area contributed by atoms with Crippen LogP contribution in [0, 0.1) is 11.6 Å². The molecule has 0 radical (unpaired) electrons. The Morgan fingerprint density at radius 2 is 1.96 bits per heavy atom. The molecule has 0 saturated heterocycles. The van der Waals surface area contributed by atoms with Crippen molar-refractivity contribution >= 4 is 12.4 Å². The highest BCUT2D eigenvalue weighted by atomic mass is 19.1. The molecule has 1 atom stereocenters. The van der Waals surface area contributed by atoms with Crippen molar-refractivity contribution in [3.05, 3.63) is 84.0 Å². The molecule has 0 aliphatic carbocycles. The molecule has 0 fully saturated rings. The van der Waals surface area contributed by atoms with E-state index in [1.54, 1.807) is 30.3 Å². The molecule has 0 aliphatic heterocycles. The third kappa shape index (κ3) is 4.66. The van der Waals surface area contributed by atoms with Crippen LogP contribution in [0.2, 0.25) is 0 Å². The Hall–Kier alpha value is -3.39. The molecule has 1 unspecified atom stereocenters. The van der Waals surface area contributed by atoms with E-state index in [0.29, 0.717) is 18.1 Å². The van der Waals surface area contributed by atoms with Crippen LogP contribution < -0.4 is 4.74 Å². The fraction of sp³-hybridized carbons (Fsp3) is 0.150. The van der Waals surface area contributed by atoms with E-state index in [-0.39, 0.29) is 18.7 Å². The second kappa shape index (κ2) is 8.53. The van der Waals surface area contributed by atoms with E-state index in [1.807, 2.05) is 0 Å². The number of carbonyl (C=O) groups excluding carboxylic acids is 1. The van der Waals surface area contributed by atoms with Gasteiger partial charge in [0.05, 0.1) is 6.54 Å². The van der Waals surface area contributed by atoms with E-state index >= 15 is 0 Å². The normalized spacial score (nSPS) is 13.4. The first-order valence-corrected chi connectivity index (χ1v) is 8.35. The van der Waals surface area contributed by atoms with E-state index in [0.717, 1.165) is 11.6 Å². The molecular formula is C20H17F2N3O3. The number of ether oxygens (including phenoxy) is 1. The average molecular weight is 385 g/mol. The van der Waals surface area contributed by atoms with Crippen LogP contribution in [0.15, 0.2) is 61.2 Å². The highest BCUT2D eigenvalue weighted by Gasteiger charge is 2.34. The van der Waals surface area contributed by atoms with Gasteiger partial charge in [0.25, 0.3) is 0 Å². The lowest BCUT2D eigenvalue weighted by Gasteiger charge is -2.29. The summed E-state index contributed by atoms with van der Waals surface area (Å²) in [5, 5.41) is 15.1. The van der Waals surface area contributed by atoms with E-state index in [1.165, 1.54) is 29.5 Å². The van der Waals surface area contributed by atoms with Crippen molar-refractivity contribution in [1.29, 1.82) is 0 Å². The summed E-state index contributed by atoms with van der Waals surface area (Å²) in [6.07, 6.45) is 6.33. The Labute approximate surface area is 159 Å². The van der Waals surface area contributed by atoms with Crippen LogP contribution in [-0.4, -0.2) is 32.8 Å². The minimum atomic E-state index is -1.82. The maximum absolute atomic E-state index is 14.3. The number of hydrogen-bond donors (Lipinski definition) is 1. The van der Waals surface area contributed by atoms with Gasteiger partial charge in [-0.1, -0.05) is 24.3 Å². The van der Waals surface area contributed by atoms with Crippen molar-refractivity contribution in [2.24, 2.45) is 0 Å². The lowest BCUT2D eigenvalue weighted by molar-refractivity contribution is -0.104. The lowest BCUT2D eigenvalue weighted by atomic mass is 9.94. The number of rotatable bonds is 8. The molecule has 1 aromatic heterocycles. The summed E-state index contributed by atoms with van der Waals surface area (Å²) >= 11 is 0. The van der Waals surface area contributed by atoms with Crippen LogP contribution in [0.25, 0.3) is 6.08 Å². The van der Waals surface area contributed by atoms with Crippen LogP contribution in [0.1, 0.15) is 11.1 Å². The number of benzene rings is 2. The minimum Gasteiger partial charge on any atom is -0.490 e. The molecule has 2 aromatic carbocycles. The van der Waals surface area contributed by atoms with E-state index in [9.17, 15) is 18.7 Å². The third-order valence-electron chi connectivity index (χ3n) is 4.05. The summed E-state index contributed by atoms with van der Waals surface area (Å²) in [5.74, 6) is -1.20. The molecule has 3 aromatic rings. The van der Waals surface area contributed by atoms with Gasteiger partial charge >= 0.3 is 0 Å². The summed E-state index contributed by atoms with van der Waals surface area (Å²) in [6.45, 7) is -0.450. The molecule has 28 heavy (non-hydrogen) atoms. The second-order valence-electron chi connectivity index (χ2n) is 6.10.